The Kier molecular flexibility index (Phi) is 4.46. The molecule has 3 rings (SSSR count). The van der Waals surface area contributed by atoms with Gasteiger partial charge < -0.3 is 9.80 Å². The van der Waals surface area contributed by atoms with Crippen LogP contribution >= 0.6 is 0 Å². The van der Waals surface area contributed by atoms with Crippen LogP contribution in [0.25, 0.3) is 0 Å². The SMILES string of the molecule is Cc1ccc(CN2C(=O)CC[C@H]2C(=O)N2CCCCC2)cc1. The maximum atomic E-state index is 12.7. The molecule has 1 aromatic carbocycles. The standard InChI is InChI=1S/C18H24N2O2/c1-14-5-7-15(8-6-14)13-20-16(9-10-17(20)21)18(22)19-11-3-2-4-12-19/h5-8,16H,2-4,9-13H2,1H3/t16-/m0/s1. The smallest absolute Gasteiger partial charge is 0.245 e. The van der Waals surface area contributed by atoms with Crippen LogP contribution in [0, 0.1) is 6.92 Å². The molecule has 0 aliphatic carbocycles. The highest BCUT2D eigenvalue weighted by atomic mass is 16.2. The van der Waals surface area contributed by atoms with E-state index in [0.29, 0.717) is 19.4 Å². The summed E-state index contributed by atoms with van der Waals surface area (Å²) in [6.07, 6.45) is 4.55. The molecular formula is C18H24N2O2. The third kappa shape index (κ3) is 3.16. The summed E-state index contributed by atoms with van der Waals surface area (Å²) < 4.78 is 0. The molecule has 22 heavy (non-hydrogen) atoms. The van der Waals surface area contributed by atoms with Gasteiger partial charge in [0.15, 0.2) is 0 Å². The molecule has 0 unspecified atom stereocenters. The minimum absolute atomic E-state index is 0.107. The van der Waals surface area contributed by atoms with Crippen molar-refractivity contribution in [2.45, 2.75) is 51.6 Å². The fraction of sp³-hybridized carbons (Fsp3) is 0.556. The van der Waals surface area contributed by atoms with E-state index in [1.807, 2.05) is 24.0 Å². The summed E-state index contributed by atoms with van der Waals surface area (Å²) in [5.74, 6) is 0.258. The Hall–Kier alpha value is -1.84. The minimum atomic E-state index is -0.257. The number of likely N-dealkylation sites (tertiary alicyclic amines) is 2. The molecule has 0 radical (unpaired) electrons. The van der Waals surface area contributed by atoms with Crippen molar-refractivity contribution in [3.8, 4) is 0 Å². The monoisotopic (exact) mass is 300 g/mol. The first-order valence-corrected chi connectivity index (χ1v) is 8.29. The van der Waals surface area contributed by atoms with Crippen LogP contribution in [0.1, 0.15) is 43.2 Å². The molecule has 2 fully saturated rings. The van der Waals surface area contributed by atoms with Crippen molar-refractivity contribution >= 4 is 11.8 Å². The topological polar surface area (TPSA) is 40.6 Å². The summed E-state index contributed by atoms with van der Waals surface area (Å²) in [6, 6.07) is 7.94. The minimum Gasteiger partial charge on any atom is -0.341 e. The van der Waals surface area contributed by atoms with Gasteiger partial charge in [0.1, 0.15) is 6.04 Å². The average Bonchev–Trinajstić information content (AvgIpc) is 2.91. The molecule has 2 saturated heterocycles. The summed E-state index contributed by atoms with van der Waals surface area (Å²) in [5.41, 5.74) is 2.30. The summed E-state index contributed by atoms with van der Waals surface area (Å²) in [6.45, 7) is 4.29. The number of hydrogen-bond donors (Lipinski definition) is 0. The second kappa shape index (κ2) is 6.51. The van der Waals surface area contributed by atoms with Crippen molar-refractivity contribution in [1.29, 1.82) is 0 Å². The molecule has 0 spiro atoms. The molecule has 0 bridgehead atoms. The van der Waals surface area contributed by atoms with Crippen LogP contribution in [-0.2, 0) is 16.1 Å². The third-order valence-corrected chi connectivity index (χ3v) is 4.75. The quantitative estimate of drug-likeness (QED) is 0.860. The first-order chi connectivity index (χ1) is 10.6. The van der Waals surface area contributed by atoms with Crippen LogP contribution in [0.3, 0.4) is 0 Å². The first kappa shape index (κ1) is 15.1. The Labute approximate surface area is 132 Å². The number of aryl methyl sites for hydroxylation is 1. The van der Waals surface area contributed by atoms with Crippen molar-refractivity contribution in [3.63, 3.8) is 0 Å². The highest BCUT2D eigenvalue weighted by molar-refractivity contribution is 5.91. The number of hydrogen-bond acceptors (Lipinski definition) is 2. The number of benzene rings is 1. The van der Waals surface area contributed by atoms with E-state index < -0.39 is 0 Å². The Bertz CT molecular complexity index is 547. The van der Waals surface area contributed by atoms with E-state index in [9.17, 15) is 9.59 Å². The van der Waals surface area contributed by atoms with E-state index in [-0.39, 0.29) is 17.9 Å². The molecule has 2 heterocycles. The molecule has 0 aromatic heterocycles. The summed E-state index contributed by atoms with van der Waals surface area (Å²) >= 11 is 0. The van der Waals surface area contributed by atoms with Gasteiger partial charge in [0, 0.05) is 26.1 Å². The van der Waals surface area contributed by atoms with Crippen LogP contribution in [0.4, 0.5) is 0 Å². The summed E-state index contributed by atoms with van der Waals surface area (Å²) in [7, 11) is 0. The maximum absolute atomic E-state index is 12.7. The van der Waals surface area contributed by atoms with E-state index in [1.165, 1.54) is 12.0 Å². The zero-order valence-corrected chi connectivity index (χ0v) is 13.3. The van der Waals surface area contributed by atoms with Gasteiger partial charge in [-0.05, 0) is 38.2 Å². The molecule has 2 aliphatic rings. The number of nitrogens with zero attached hydrogens (tertiary/aromatic N) is 2. The molecule has 2 amide bonds. The lowest BCUT2D eigenvalue weighted by Crippen LogP contribution is -2.48. The second-order valence-electron chi connectivity index (χ2n) is 6.45. The molecule has 0 N–H and O–H groups in total. The molecular weight excluding hydrogens is 276 g/mol. The number of rotatable bonds is 3. The van der Waals surface area contributed by atoms with Crippen LogP contribution in [0.2, 0.25) is 0 Å². The lowest BCUT2D eigenvalue weighted by molar-refractivity contribution is -0.142. The number of piperidine rings is 1. The fourth-order valence-corrected chi connectivity index (χ4v) is 3.40. The summed E-state index contributed by atoms with van der Waals surface area (Å²) in [4.78, 5) is 28.7. The van der Waals surface area contributed by atoms with E-state index in [2.05, 4.69) is 12.1 Å². The van der Waals surface area contributed by atoms with E-state index >= 15 is 0 Å². The van der Waals surface area contributed by atoms with Crippen molar-refractivity contribution in [2.75, 3.05) is 13.1 Å². The van der Waals surface area contributed by atoms with Gasteiger partial charge in [0.05, 0.1) is 0 Å². The van der Waals surface area contributed by atoms with Gasteiger partial charge >= 0.3 is 0 Å². The van der Waals surface area contributed by atoms with Gasteiger partial charge in [-0.25, -0.2) is 0 Å². The zero-order chi connectivity index (χ0) is 15.5. The lowest BCUT2D eigenvalue weighted by Gasteiger charge is -2.32. The van der Waals surface area contributed by atoms with E-state index in [4.69, 9.17) is 0 Å². The number of amides is 2. The maximum Gasteiger partial charge on any atom is 0.245 e. The Balaban J connectivity index is 1.71. The van der Waals surface area contributed by atoms with Gasteiger partial charge in [-0.1, -0.05) is 29.8 Å². The highest BCUT2D eigenvalue weighted by Gasteiger charge is 2.38. The van der Waals surface area contributed by atoms with Crippen LogP contribution in [0.5, 0.6) is 0 Å². The van der Waals surface area contributed by atoms with Crippen molar-refractivity contribution in [3.05, 3.63) is 35.4 Å². The average molecular weight is 300 g/mol. The van der Waals surface area contributed by atoms with Crippen LogP contribution in [-0.4, -0.2) is 40.7 Å². The van der Waals surface area contributed by atoms with Gasteiger partial charge in [0.2, 0.25) is 11.8 Å². The molecule has 1 atom stereocenters. The number of carbonyl (C=O) groups excluding carboxylic acids is 2. The lowest BCUT2D eigenvalue weighted by atomic mass is 10.1. The van der Waals surface area contributed by atoms with Gasteiger partial charge in [-0.2, -0.15) is 0 Å². The highest BCUT2D eigenvalue weighted by Crippen LogP contribution is 2.24. The Morgan fingerprint density at radius 2 is 1.82 bits per heavy atom. The molecule has 2 aliphatic heterocycles. The van der Waals surface area contributed by atoms with Gasteiger partial charge in [0.25, 0.3) is 0 Å². The third-order valence-electron chi connectivity index (χ3n) is 4.75. The fourth-order valence-electron chi connectivity index (χ4n) is 3.40. The molecule has 118 valence electrons. The molecule has 4 nitrogen and oxygen atoms in total. The first-order valence-electron chi connectivity index (χ1n) is 8.29. The Morgan fingerprint density at radius 1 is 1.14 bits per heavy atom. The van der Waals surface area contributed by atoms with Gasteiger partial charge in [-0.3, -0.25) is 9.59 Å². The van der Waals surface area contributed by atoms with Crippen molar-refractivity contribution in [1.82, 2.24) is 9.80 Å². The molecule has 0 saturated carbocycles. The zero-order valence-electron chi connectivity index (χ0n) is 13.3. The van der Waals surface area contributed by atoms with Crippen molar-refractivity contribution in [2.24, 2.45) is 0 Å². The van der Waals surface area contributed by atoms with E-state index in [0.717, 1.165) is 31.5 Å². The number of carbonyl (C=O) groups is 2. The second-order valence-corrected chi connectivity index (χ2v) is 6.45. The Morgan fingerprint density at radius 3 is 2.50 bits per heavy atom. The van der Waals surface area contributed by atoms with E-state index in [1.54, 1.807) is 4.90 Å². The predicted molar refractivity (Wildman–Crippen MR) is 85.2 cm³/mol. The van der Waals surface area contributed by atoms with Crippen LogP contribution < -0.4 is 0 Å². The largest absolute Gasteiger partial charge is 0.341 e. The summed E-state index contributed by atoms with van der Waals surface area (Å²) in [5, 5.41) is 0. The predicted octanol–water partition coefficient (Wildman–Crippen LogP) is 2.50. The van der Waals surface area contributed by atoms with Gasteiger partial charge in [-0.15, -0.1) is 0 Å². The van der Waals surface area contributed by atoms with Crippen molar-refractivity contribution < 1.29 is 9.59 Å². The van der Waals surface area contributed by atoms with Crippen LogP contribution in [0.15, 0.2) is 24.3 Å². The molecule has 4 heteroatoms. The normalized spacial score (nSPS) is 22.2. The molecule has 1 aromatic rings.